The van der Waals surface area contributed by atoms with Gasteiger partial charge in [0.1, 0.15) is 0 Å². The number of nitrogens with zero attached hydrogens (tertiary/aromatic N) is 4. The lowest BCUT2D eigenvalue weighted by Crippen LogP contribution is -2.49. The van der Waals surface area contributed by atoms with Gasteiger partial charge in [-0.1, -0.05) is 13.0 Å². The van der Waals surface area contributed by atoms with E-state index in [0.29, 0.717) is 5.56 Å². The minimum absolute atomic E-state index is 0.0794. The van der Waals surface area contributed by atoms with Gasteiger partial charge >= 0.3 is 0 Å². The Kier molecular flexibility index (Phi) is 5.48. The Morgan fingerprint density at radius 2 is 2.00 bits per heavy atom. The smallest absolute Gasteiger partial charge is 0.257 e. The highest BCUT2D eigenvalue weighted by molar-refractivity contribution is 6.00. The number of fused-ring (bicyclic) bond motifs is 1. The van der Waals surface area contributed by atoms with Crippen molar-refractivity contribution in [3.05, 3.63) is 35.7 Å². The second-order valence-electron chi connectivity index (χ2n) is 6.34. The molecule has 6 nitrogen and oxygen atoms in total. The van der Waals surface area contributed by atoms with Crippen LogP contribution in [-0.4, -0.2) is 71.3 Å². The molecule has 3 rings (SSSR count). The number of pyridine rings is 1. The summed E-state index contributed by atoms with van der Waals surface area (Å²) in [7, 11) is 0. The number of hydrogen-bond acceptors (Lipinski definition) is 4. The number of aromatic nitrogens is 2. The van der Waals surface area contributed by atoms with E-state index in [2.05, 4.69) is 16.9 Å². The third-order valence-electron chi connectivity index (χ3n) is 4.45. The van der Waals surface area contributed by atoms with Crippen LogP contribution in [0.2, 0.25) is 0 Å². The van der Waals surface area contributed by atoms with E-state index < -0.39 is 0 Å². The molecule has 0 bridgehead atoms. The zero-order valence-corrected chi connectivity index (χ0v) is 14.6. The Morgan fingerprint density at radius 1 is 1.21 bits per heavy atom. The Hall–Kier alpha value is -1.92. The number of hydrogen-bond donors (Lipinski definition) is 0. The molecule has 2 aromatic heterocycles. The van der Waals surface area contributed by atoms with Crippen molar-refractivity contribution in [2.45, 2.75) is 20.3 Å². The molecule has 2 aromatic rings. The van der Waals surface area contributed by atoms with E-state index in [1.807, 2.05) is 30.2 Å². The zero-order valence-electron chi connectivity index (χ0n) is 14.6. The summed E-state index contributed by atoms with van der Waals surface area (Å²) in [6, 6.07) is 3.99. The first-order valence-electron chi connectivity index (χ1n) is 8.72. The Labute approximate surface area is 143 Å². The third-order valence-corrected chi connectivity index (χ3v) is 4.45. The molecule has 3 heterocycles. The molecule has 0 unspecified atom stereocenters. The van der Waals surface area contributed by atoms with Crippen molar-refractivity contribution in [3.8, 4) is 0 Å². The maximum Gasteiger partial charge on any atom is 0.257 e. The lowest BCUT2D eigenvalue weighted by atomic mass is 10.2. The number of piperazine rings is 1. The molecule has 0 aliphatic carbocycles. The van der Waals surface area contributed by atoms with Gasteiger partial charge < -0.3 is 9.64 Å². The van der Waals surface area contributed by atoms with Crippen LogP contribution < -0.4 is 0 Å². The Bertz CT molecular complexity index is 689. The van der Waals surface area contributed by atoms with Crippen LogP contribution in [0.15, 0.2) is 24.5 Å². The quantitative estimate of drug-likeness (QED) is 0.758. The van der Waals surface area contributed by atoms with Crippen molar-refractivity contribution < 1.29 is 9.53 Å². The van der Waals surface area contributed by atoms with E-state index in [0.717, 1.165) is 63.4 Å². The first-order valence-corrected chi connectivity index (χ1v) is 8.72. The van der Waals surface area contributed by atoms with Crippen LogP contribution in [0.4, 0.5) is 0 Å². The fourth-order valence-corrected chi connectivity index (χ4v) is 3.04. The summed E-state index contributed by atoms with van der Waals surface area (Å²) in [4.78, 5) is 17.1. The van der Waals surface area contributed by atoms with E-state index >= 15 is 0 Å². The average Bonchev–Trinajstić information content (AvgIpc) is 3.01. The fourth-order valence-electron chi connectivity index (χ4n) is 3.04. The van der Waals surface area contributed by atoms with Crippen LogP contribution in [0.5, 0.6) is 0 Å². The van der Waals surface area contributed by atoms with Crippen molar-refractivity contribution in [2.24, 2.45) is 0 Å². The van der Waals surface area contributed by atoms with Gasteiger partial charge in [0, 0.05) is 45.5 Å². The maximum absolute atomic E-state index is 12.8. The van der Waals surface area contributed by atoms with Crippen LogP contribution in [0, 0.1) is 6.92 Å². The molecule has 1 saturated heterocycles. The molecule has 0 radical (unpaired) electrons. The minimum atomic E-state index is 0.0794. The summed E-state index contributed by atoms with van der Waals surface area (Å²) >= 11 is 0. The molecule has 0 N–H and O–H groups in total. The van der Waals surface area contributed by atoms with E-state index in [4.69, 9.17) is 4.74 Å². The predicted molar refractivity (Wildman–Crippen MR) is 93.4 cm³/mol. The highest BCUT2D eigenvalue weighted by Crippen LogP contribution is 2.15. The molecule has 1 aliphatic rings. The Balaban J connectivity index is 1.57. The van der Waals surface area contributed by atoms with Crippen LogP contribution in [0.3, 0.4) is 0 Å². The van der Waals surface area contributed by atoms with Gasteiger partial charge in [0.25, 0.3) is 5.91 Å². The second kappa shape index (κ2) is 7.77. The minimum Gasteiger partial charge on any atom is -0.380 e. The van der Waals surface area contributed by atoms with Crippen LogP contribution >= 0.6 is 0 Å². The first-order chi connectivity index (χ1) is 11.7. The predicted octanol–water partition coefficient (Wildman–Crippen LogP) is 1.83. The molecule has 1 amide bonds. The zero-order chi connectivity index (χ0) is 16.9. The number of aryl methyl sites for hydroxylation is 1. The molecular weight excluding hydrogens is 304 g/mol. The van der Waals surface area contributed by atoms with Gasteiger partial charge in [-0.3, -0.25) is 9.69 Å². The molecule has 24 heavy (non-hydrogen) atoms. The molecule has 0 aromatic carbocycles. The van der Waals surface area contributed by atoms with Gasteiger partial charge in [-0.25, -0.2) is 4.52 Å². The summed E-state index contributed by atoms with van der Waals surface area (Å²) in [5, 5.41) is 4.31. The average molecular weight is 330 g/mol. The van der Waals surface area contributed by atoms with Gasteiger partial charge in [0.2, 0.25) is 0 Å². The topological polar surface area (TPSA) is 50.1 Å². The molecular formula is C18H26N4O2. The van der Waals surface area contributed by atoms with Gasteiger partial charge in [-0.2, -0.15) is 5.10 Å². The Morgan fingerprint density at radius 3 is 2.75 bits per heavy atom. The maximum atomic E-state index is 12.8. The molecule has 1 aliphatic heterocycles. The van der Waals surface area contributed by atoms with Crippen LogP contribution in [-0.2, 0) is 4.74 Å². The standard InChI is InChI=1S/C18H26N4O2/c1-3-11-24-12-10-20-6-8-21(9-7-20)18(23)16-13-19-22-14-15(2)4-5-17(16)22/h4-5,13-14H,3,6-12H2,1-2H3. The van der Waals surface area contributed by atoms with E-state index in [1.54, 1.807) is 10.7 Å². The van der Waals surface area contributed by atoms with Crippen molar-refractivity contribution in [1.29, 1.82) is 0 Å². The van der Waals surface area contributed by atoms with E-state index in [-0.39, 0.29) is 5.91 Å². The summed E-state index contributed by atoms with van der Waals surface area (Å²) in [5.74, 6) is 0.0794. The molecule has 1 fully saturated rings. The monoisotopic (exact) mass is 330 g/mol. The summed E-state index contributed by atoms with van der Waals surface area (Å²) in [5.41, 5.74) is 2.69. The molecule has 0 saturated carbocycles. The number of amides is 1. The normalized spacial score (nSPS) is 16.0. The molecule has 6 heteroatoms. The van der Waals surface area contributed by atoms with E-state index in [1.165, 1.54) is 0 Å². The SMILES string of the molecule is CCCOCCN1CCN(C(=O)c2cnn3cc(C)ccc23)CC1. The van der Waals surface area contributed by atoms with Crippen molar-refractivity contribution in [1.82, 2.24) is 19.4 Å². The summed E-state index contributed by atoms with van der Waals surface area (Å²) in [6.45, 7) is 10.0. The fraction of sp³-hybridized carbons (Fsp3) is 0.556. The van der Waals surface area contributed by atoms with Crippen molar-refractivity contribution in [3.63, 3.8) is 0 Å². The number of carbonyl (C=O) groups excluding carboxylic acids is 1. The van der Waals surface area contributed by atoms with E-state index in [9.17, 15) is 4.79 Å². The largest absolute Gasteiger partial charge is 0.380 e. The van der Waals surface area contributed by atoms with Gasteiger partial charge in [-0.05, 0) is 25.0 Å². The second-order valence-corrected chi connectivity index (χ2v) is 6.34. The van der Waals surface area contributed by atoms with Crippen LogP contribution in [0.25, 0.3) is 5.52 Å². The highest BCUT2D eigenvalue weighted by Gasteiger charge is 2.24. The molecule has 0 atom stereocenters. The summed E-state index contributed by atoms with van der Waals surface area (Å²) < 4.78 is 7.32. The highest BCUT2D eigenvalue weighted by atomic mass is 16.5. The van der Waals surface area contributed by atoms with Gasteiger partial charge in [0.15, 0.2) is 0 Å². The first kappa shape index (κ1) is 16.9. The number of rotatable bonds is 6. The number of ether oxygens (including phenoxy) is 1. The lowest BCUT2D eigenvalue weighted by molar-refractivity contribution is 0.0554. The molecule has 130 valence electrons. The number of carbonyl (C=O) groups is 1. The van der Waals surface area contributed by atoms with Crippen molar-refractivity contribution >= 4 is 11.4 Å². The lowest BCUT2D eigenvalue weighted by Gasteiger charge is -2.34. The molecule has 0 spiro atoms. The van der Waals surface area contributed by atoms with Gasteiger partial charge in [0.05, 0.1) is 23.9 Å². The van der Waals surface area contributed by atoms with Crippen LogP contribution in [0.1, 0.15) is 29.3 Å². The van der Waals surface area contributed by atoms with Crippen molar-refractivity contribution in [2.75, 3.05) is 45.9 Å². The summed E-state index contributed by atoms with van der Waals surface area (Å²) in [6.07, 6.45) is 4.68. The third kappa shape index (κ3) is 3.76. The van der Waals surface area contributed by atoms with Gasteiger partial charge in [-0.15, -0.1) is 0 Å².